The first-order valence-corrected chi connectivity index (χ1v) is 36.5. The van der Waals surface area contributed by atoms with Crippen LogP contribution in [0.2, 0.25) is 5.02 Å². The van der Waals surface area contributed by atoms with Gasteiger partial charge in [-0.3, -0.25) is 84.5 Å². The van der Waals surface area contributed by atoms with Gasteiger partial charge < -0.3 is 9.47 Å². The minimum atomic E-state index is -4.76. The molecule has 25 nitrogen and oxygen atoms in total. The molecule has 0 amide bonds. The number of rotatable bonds is 8. The Morgan fingerprint density at radius 2 is 0.641 bits per heavy atom. The van der Waals surface area contributed by atoms with Crippen molar-refractivity contribution in [3.63, 3.8) is 0 Å². The van der Waals surface area contributed by atoms with Gasteiger partial charge in [0.15, 0.2) is 0 Å². The summed E-state index contributed by atoms with van der Waals surface area (Å²) in [6, 6.07) is 60.6. The molecule has 10 aromatic carbocycles. The first-order chi connectivity index (χ1) is 56.3. The van der Waals surface area contributed by atoms with Crippen molar-refractivity contribution in [1.29, 1.82) is 0 Å². The highest BCUT2D eigenvalue weighted by molar-refractivity contribution is 6.30. The molecule has 0 atom stereocenters. The number of non-ortho nitro benzene ring substituents is 1. The van der Waals surface area contributed by atoms with E-state index in [1.54, 1.807) is 68.3 Å². The second-order valence-corrected chi connectivity index (χ2v) is 28.0. The Labute approximate surface area is 660 Å². The number of fused-ring (bicyclic) bond motifs is 15. The summed E-state index contributed by atoms with van der Waals surface area (Å²) in [6.45, 7) is 9.97. The van der Waals surface area contributed by atoms with Gasteiger partial charge in [-0.25, -0.2) is 27.8 Å². The highest BCUT2D eigenvalue weighted by Crippen LogP contribution is 2.30. The van der Waals surface area contributed by atoms with Gasteiger partial charge >= 0.3 is 6.36 Å². The highest BCUT2D eigenvalue weighted by Gasteiger charge is 2.31. The van der Waals surface area contributed by atoms with E-state index >= 15 is 0 Å². The minimum Gasteiger partial charge on any atom is -0.497 e. The number of aryl methyl sites for hydroxylation is 5. The summed E-state index contributed by atoms with van der Waals surface area (Å²) in [5, 5.41) is 33.9. The van der Waals surface area contributed by atoms with E-state index in [0.29, 0.717) is 65.8 Å². The van der Waals surface area contributed by atoms with Gasteiger partial charge in [0.2, 0.25) is 0 Å². The number of hydrogen-bond acceptors (Lipinski definition) is 14. The lowest BCUT2D eigenvalue weighted by Gasteiger charge is -2.09. The number of aromatic amines is 5. The van der Waals surface area contributed by atoms with Crippen LogP contribution < -0.4 is 37.3 Å². The predicted molar refractivity (Wildman–Crippen MR) is 445 cm³/mol. The molecule has 0 radical (unpaired) electrons. The van der Waals surface area contributed by atoms with E-state index in [2.05, 4.69) is 55.2 Å². The molecular weight excluding hydrogens is 1520 g/mol. The maximum absolute atomic E-state index is 13.0. The van der Waals surface area contributed by atoms with Gasteiger partial charge in [0.1, 0.15) is 17.3 Å². The summed E-state index contributed by atoms with van der Waals surface area (Å²) in [7, 11) is 1.60. The van der Waals surface area contributed by atoms with Gasteiger partial charge in [0.05, 0.1) is 123 Å². The van der Waals surface area contributed by atoms with Gasteiger partial charge in [0, 0.05) is 81.1 Å². The van der Waals surface area contributed by atoms with Crippen LogP contribution in [0, 0.1) is 50.6 Å². The number of nitro benzene ring substituents is 1. The quantitative estimate of drug-likeness (QED) is 0.0537. The molecule has 0 aliphatic heterocycles. The van der Waals surface area contributed by atoms with Crippen LogP contribution in [0.25, 0.3) is 137 Å². The summed E-state index contributed by atoms with van der Waals surface area (Å²) in [5.74, 6) is 0.00941. The number of nitrogens with zero attached hydrogens (tertiary/aromatic N) is 11. The molecule has 0 unspecified atom stereocenters. The third kappa shape index (κ3) is 15.0. The van der Waals surface area contributed by atoms with Gasteiger partial charge in [-0.15, -0.1) is 13.2 Å². The molecule has 0 spiro atoms. The van der Waals surface area contributed by atoms with Crippen LogP contribution in [0.3, 0.4) is 0 Å². The smallest absolute Gasteiger partial charge is 0.497 e. The molecule has 0 saturated carbocycles. The third-order valence-electron chi connectivity index (χ3n) is 19.5. The Kier molecular flexibility index (Phi) is 19.8. The number of nitrogens with one attached hydrogen (secondary N) is 5. The van der Waals surface area contributed by atoms with Crippen LogP contribution in [0.5, 0.6) is 11.5 Å². The largest absolute Gasteiger partial charge is 0.573 e. The molecule has 5 N–H and O–H groups in total. The summed E-state index contributed by atoms with van der Waals surface area (Å²) < 4.78 is 66.0. The van der Waals surface area contributed by atoms with Crippen LogP contribution in [0.4, 0.5) is 23.2 Å². The average molecular weight is 1590 g/mol. The van der Waals surface area contributed by atoms with Crippen LogP contribution in [0.15, 0.2) is 267 Å². The number of hydrogen-bond donors (Lipinski definition) is 5. The summed E-state index contributed by atoms with van der Waals surface area (Å²) in [4.78, 5) is 95.2. The number of halogens is 5. The zero-order chi connectivity index (χ0) is 81.8. The number of nitro groups is 1. The molecule has 580 valence electrons. The van der Waals surface area contributed by atoms with Crippen molar-refractivity contribution < 1.29 is 32.0 Å². The lowest BCUT2D eigenvalue weighted by atomic mass is 10.1. The topological polar surface area (TPSA) is 315 Å². The van der Waals surface area contributed by atoms with E-state index < -0.39 is 11.3 Å². The predicted octanol–water partition coefficient (Wildman–Crippen LogP) is 17.5. The molecule has 0 aliphatic rings. The van der Waals surface area contributed by atoms with Crippen molar-refractivity contribution in [3.8, 4) is 39.9 Å². The molecule has 0 saturated heterocycles. The molecule has 0 bridgehead atoms. The van der Waals surface area contributed by atoms with Crippen molar-refractivity contribution in [2.45, 2.75) is 41.0 Å². The molecule has 10 heterocycles. The van der Waals surface area contributed by atoms with E-state index in [-0.39, 0.29) is 45.1 Å². The minimum absolute atomic E-state index is 0.0227. The summed E-state index contributed by atoms with van der Waals surface area (Å²) >= 11 is 5.90. The number of pyridine rings is 5. The van der Waals surface area contributed by atoms with Crippen LogP contribution in [-0.4, -0.2) is 92.2 Å². The number of aromatic nitrogens is 15. The van der Waals surface area contributed by atoms with E-state index in [9.17, 15) is 51.6 Å². The normalized spacial score (nSPS) is 11.4. The van der Waals surface area contributed by atoms with Crippen molar-refractivity contribution in [3.05, 3.63) is 344 Å². The summed E-state index contributed by atoms with van der Waals surface area (Å²) in [5.41, 5.74) is 15.2. The van der Waals surface area contributed by atoms with Gasteiger partial charge in [-0.2, -0.15) is 0 Å². The number of alkyl halides is 3. The molecule has 30 heteroatoms. The van der Waals surface area contributed by atoms with Gasteiger partial charge in [0.25, 0.3) is 33.5 Å². The van der Waals surface area contributed by atoms with Crippen LogP contribution >= 0.6 is 11.6 Å². The average Bonchev–Trinajstić information content (AvgIpc) is 1.65. The van der Waals surface area contributed by atoms with Crippen LogP contribution in [-0.2, 0) is 0 Å². The standard InChI is InChI=1S/C18H12F3N3O2.C18H15N3O2.C17H12ClN3O.C17H12FN3O.C17H12N4O3/c1-10-2-7-13-15(8-10)22-9-14-16(13)23-24(17(14)25)11-3-5-12(6-4-11)26-18(19,20)21;1-11-6-7-14-16(8-11)19-10-15-17(14)20-21(18(15)22)12-4-3-5-13(9-12)23-2;2*1-10-2-7-13-15(8-10)19-9-14-16(13)20-21(17(14)22)12-5-3-11(18)4-6-12;1-10-2-7-13-15(8-10)18-9-14-16(13)19-20(17(14)22)11-3-5-12(6-4-11)21(23)24/h2-9,23H,1H3;3-10,20H,1-2H3;2*2-9,20H,1H3;2-9,19H,1H3. The molecule has 20 rings (SSSR count). The number of methoxy groups -OCH3 is 1. The molecule has 20 aromatic rings. The molecule has 10 aromatic heterocycles. The van der Waals surface area contributed by atoms with E-state index in [1.165, 1.54) is 78.1 Å². The van der Waals surface area contributed by atoms with Gasteiger partial charge in [-0.05, 0) is 190 Å². The van der Waals surface area contributed by atoms with Gasteiger partial charge in [-0.1, -0.05) is 78.3 Å². The zero-order valence-corrected chi connectivity index (χ0v) is 63.3. The number of benzene rings is 10. The molecule has 117 heavy (non-hydrogen) atoms. The lowest BCUT2D eigenvalue weighted by molar-refractivity contribution is -0.384. The Balaban J connectivity index is 0.000000110. The molecular formula is C87H63ClF4N16O9. The first-order valence-electron chi connectivity index (χ1n) is 36.1. The monoisotopic (exact) mass is 1590 g/mol. The van der Waals surface area contributed by atoms with Crippen molar-refractivity contribution in [1.82, 2.24) is 73.8 Å². The number of ether oxygens (including phenoxy) is 2. The zero-order valence-electron chi connectivity index (χ0n) is 62.6. The highest BCUT2D eigenvalue weighted by atomic mass is 35.5. The molecule has 0 aliphatic carbocycles. The Morgan fingerprint density at radius 1 is 0.359 bits per heavy atom. The second kappa shape index (κ2) is 30.6. The fourth-order valence-corrected chi connectivity index (χ4v) is 13.8. The Morgan fingerprint density at radius 3 is 0.932 bits per heavy atom. The van der Waals surface area contributed by atoms with Crippen LogP contribution in [0.1, 0.15) is 27.8 Å². The Bertz CT molecular complexity index is 7480. The SMILES string of the molecule is COc1cccc(-n2[nH]c3c(cnc4cc(C)ccc43)c2=O)c1.Cc1ccc2c(c1)ncc1c(=O)n(-c3ccc(Cl)cc3)[nH]c12.Cc1ccc2c(c1)ncc1c(=O)n(-c3ccc(F)cc3)[nH]c12.Cc1ccc2c(c1)ncc1c(=O)n(-c3ccc(OC(F)(F)F)cc3)[nH]c12.Cc1ccc2c(c1)ncc1c(=O)n(-c3ccc([N+](=O)[O-])cc3)[nH]c12. The second-order valence-electron chi connectivity index (χ2n) is 27.6. The fraction of sp³-hybridized carbons (Fsp3) is 0.0805. The molecule has 0 fully saturated rings. The maximum atomic E-state index is 13.0. The van der Waals surface area contributed by atoms with E-state index in [4.69, 9.17) is 16.3 Å². The summed E-state index contributed by atoms with van der Waals surface area (Å²) in [6.07, 6.45) is 3.12. The number of H-pyrrole nitrogens is 5. The third-order valence-corrected chi connectivity index (χ3v) is 19.8. The van der Waals surface area contributed by atoms with Crippen molar-refractivity contribution in [2.24, 2.45) is 0 Å². The maximum Gasteiger partial charge on any atom is 0.573 e. The lowest BCUT2D eigenvalue weighted by Crippen LogP contribution is -2.17. The van der Waals surface area contributed by atoms with E-state index in [0.717, 1.165) is 122 Å². The first kappa shape index (κ1) is 75.6. The Hall–Kier alpha value is -15.4. The van der Waals surface area contributed by atoms with E-state index in [1.807, 2.05) is 150 Å². The van der Waals surface area contributed by atoms with Crippen molar-refractivity contribution >= 4 is 126 Å². The fourth-order valence-electron chi connectivity index (χ4n) is 13.7. The van der Waals surface area contributed by atoms with Crippen molar-refractivity contribution in [2.75, 3.05) is 7.11 Å².